The first-order chi connectivity index (χ1) is 13.6. The molecule has 2 heterocycles. The number of amides is 1. The predicted molar refractivity (Wildman–Crippen MR) is 113 cm³/mol. The molecule has 4 aromatic rings. The Kier molecular flexibility index (Phi) is 5.36. The fourth-order valence-electron chi connectivity index (χ4n) is 2.82. The number of thiophene rings is 1. The largest absolute Gasteiger partial charge is 0.315 e. The van der Waals surface area contributed by atoms with Crippen molar-refractivity contribution in [2.45, 2.75) is 5.03 Å². The number of hydrogen-bond acceptors (Lipinski definition) is 5. The average molecular weight is 410 g/mol. The van der Waals surface area contributed by atoms with Crippen LogP contribution < -0.4 is 4.90 Å². The van der Waals surface area contributed by atoms with E-state index in [1.807, 2.05) is 35.7 Å². The van der Waals surface area contributed by atoms with Crippen molar-refractivity contribution in [2.24, 2.45) is 0 Å². The van der Waals surface area contributed by atoms with Crippen LogP contribution in [-0.2, 0) is 4.79 Å². The first kappa shape index (κ1) is 18.6. The zero-order valence-corrected chi connectivity index (χ0v) is 16.6. The van der Waals surface area contributed by atoms with Crippen LogP contribution in [0.5, 0.6) is 0 Å². The van der Waals surface area contributed by atoms with E-state index >= 15 is 0 Å². The van der Waals surface area contributed by atoms with E-state index in [0.717, 1.165) is 32.1 Å². The Labute approximate surface area is 170 Å². The number of nitrogens with zero attached hydrogens (tertiary/aromatic N) is 3. The van der Waals surface area contributed by atoms with Crippen LogP contribution in [0.4, 0.5) is 10.1 Å². The molecule has 0 atom stereocenters. The van der Waals surface area contributed by atoms with Crippen molar-refractivity contribution in [3.63, 3.8) is 0 Å². The Hall–Kier alpha value is -2.77. The van der Waals surface area contributed by atoms with Crippen molar-refractivity contribution in [1.82, 2.24) is 9.97 Å². The molecule has 0 aliphatic heterocycles. The Morgan fingerprint density at radius 1 is 1.11 bits per heavy atom. The van der Waals surface area contributed by atoms with E-state index in [4.69, 9.17) is 0 Å². The van der Waals surface area contributed by atoms with Crippen LogP contribution in [0.25, 0.3) is 21.3 Å². The van der Waals surface area contributed by atoms with Crippen LogP contribution in [-0.4, -0.2) is 28.7 Å². The molecule has 0 spiro atoms. The summed E-state index contributed by atoms with van der Waals surface area (Å²) in [4.78, 5) is 23.8. The minimum absolute atomic E-state index is 0.0125. The lowest BCUT2D eigenvalue weighted by Gasteiger charge is -2.17. The fourth-order valence-corrected chi connectivity index (χ4v) is 4.73. The summed E-state index contributed by atoms with van der Waals surface area (Å²) in [6.45, 7) is 0. The molecule has 0 saturated heterocycles. The summed E-state index contributed by atoms with van der Waals surface area (Å²) in [6, 6.07) is 15.9. The van der Waals surface area contributed by atoms with Gasteiger partial charge < -0.3 is 4.90 Å². The zero-order chi connectivity index (χ0) is 19.5. The van der Waals surface area contributed by atoms with E-state index in [2.05, 4.69) is 9.97 Å². The van der Waals surface area contributed by atoms with Crippen molar-refractivity contribution in [3.8, 4) is 11.1 Å². The predicted octanol–water partition coefficient (Wildman–Crippen LogP) is 5.25. The average Bonchev–Trinajstić information content (AvgIpc) is 3.17. The number of rotatable bonds is 5. The van der Waals surface area contributed by atoms with Crippen LogP contribution in [0.2, 0.25) is 0 Å². The highest BCUT2D eigenvalue weighted by Gasteiger charge is 2.16. The van der Waals surface area contributed by atoms with Crippen LogP contribution in [0.3, 0.4) is 0 Å². The number of carbonyl (C=O) groups is 1. The van der Waals surface area contributed by atoms with Crippen molar-refractivity contribution >= 4 is 44.9 Å². The maximum atomic E-state index is 13.3. The maximum absolute atomic E-state index is 13.3. The second-order valence-corrected chi connectivity index (χ2v) is 7.91. The van der Waals surface area contributed by atoms with E-state index in [1.165, 1.54) is 41.6 Å². The number of hydrogen-bond donors (Lipinski definition) is 0. The van der Waals surface area contributed by atoms with Gasteiger partial charge in [0.2, 0.25) is 5.91 Å². The van der Waals surface area contributed by atoms with Gasteiger partial charge in [-0.2, -0.15) is 0 Å². The number of halogens is 1. The van der Waals surface area contributed by atoms with Crippen LogP contribution >= 0.6 is 23.1 Å². The number of para-hydroxylation sites is 1. The summed E-state index contributed by atoms with van der Waals surface area (Å²) in [7, 11) is 1.77. The van der Waals surface area contributed by atoms with E-state index in [1.54, 1.807) is 24.1 Å². The van der Waals surface area contributed by atoms with Gasteiger partial charge in [-0.25, -0.2) is 14.4 Å². The van der Waals surface area contributed by atoms with Gasteiger partial charge in [0.05, 0.1) is 11.1 Å². The molecular weight excluding hydrogens is 393 g/mol. The fraction of sp³-hybridized carbons (Fsp3) is 0.0952. The number of carbonyl (C=O) groups excluding carboxylic acids is 1. The number of fused-ring (bicyclic) bond motifs is 1. The molecule has 7 heteroatoms. The molecule has 4 rings (SSSR count). The molecule has 28 heavy (non-hydrogen) atoms. The molecule has 0 aliphatic carbocycles. The summed E-state index contributed by atoms with van der Waals surface area (Å²) in [5.74, 6) is -0.0267. The highest BCUT2D eigenvalue weighted by atomic mass is 32.2. The molecule has 1 amide bonds. The third kappa shape index (κ3) is 3.76. The minimum atomic E-state index is -0.274. The molecule has 0 N–H and O–H groups in total. The zero-order valence-electron chi connectivity index (χ0n) is 15.0. The second-order valence-electron chi connectivity index (χ2n) is 6.09. The molecular formula is C21H16FN3OS2. The van der Waals surface area contributed by atoms with Gasteiger partial charge in [0, 0.05) is 23.7 Å². The highest BCUT2D eigenvalue weighted by Crippen LogP contribution is 2.37. The van der Waals surface area contributed by atoms with Gasteiger partial charge in [-0.05, 0) is 29.8 Å². The van der Waals surface area contributed by atoms with E-state index in [9.17, 15) is 9.18 Å². The van der Waals surface area contributed by atoms with Gasteiger partial charge in [0.1, 0.15) is 22.0 Å². The molecule has 140 valence electrons. The van der Waals surface area contributed by atoms with Gasteiger partial charge in [-0.1, -0.05) is 42.1 Å². The Balaban J connectivity index is 1.60. The van der Waals surface area contributed by atoms with Gasteiger partial charge in [0.25, 0.3) is 0 Å². The van der Waals surface area contributed by atoms with E-state index in [0.29, 0.717) is 0 Å². The van der Waals surface area contributed by atoms with Crippen molar-refractivity contribution in [2.75, 3.05) is 17.7 Å². The Morgan fingerprint density at radius 2 is 1.86 bits per heavy atom. The molecule has 0 unspecified atom stereocenters. The molecule has 0 radical (unpaired) electrons. The molecule has 0 aliphatic rings. The van der Waals surface area contributed by atoms with Gasteiger partial charge >= 0.3 is 0 Å². The first-order valence-corrected chi connectivity index (χ1v) is 10.4. The maximum Gasteiger partial charge on any atom is 0.237 e. The summed E-state index contributed by atoms with van der Waals surface area (Å²) in [5.41, 5.74) is 2.70. The highest BCUT2D eigenvalue weighted by molar-refractivity contribution is 8.00. The van der Waals surface area contributed by atoms with Gasteiger partial charge in [-0.15, -0.1) is 11.3 Å². The lowest BCUT2D eigenvalue weighted by Crippen LogP contribution is -2.27. The quantitative estimate of drug-likeness (QED) is 0.333. The molecule has 0 saturated carbocycles. The number of benzene rings is 2. The topological polar surface area (TPSA) is 46.1 Å². The summed E-state index contributed by atoms with van der Waals surface area (Å²) in [6.07, 6.45) is 1.51. The van der Waals surface area contributed by atoms with Crippen molar-refractivity contribution in [1.29, 1.82) is 0 Å². The van der Waals surface area contributed by atoms with Crippen LogP contribution in [0.15, 0.2) is 71.3 Å². The summed E-state index contributed by atoms with van der Waals surface area (Å²) in [5, 5.41) is 3.65. The van der Waals surface area contributed by atoms with Gasteiger partial charge in [-0.3, -0.25) is 4.79 Å². The van der Waals surface area contributed by atoms with Crippen LogP contribution in [0, 0.1) is 5.82 Å². The molecule has 2 aromatic carbocycles. The first-order valence-electron chi connectivity index (χ1n) is 8.56. The second kappa shape index (κ2) is 8.08. The molecule has 2 aromatic heterocycles. The Bertz CT molecular complexity index is 1110. The molecule has 0 fully saturated rings. The van der Waals surface area contributed by atoms with Crippen LogP contribution in [0.1, 0.15) is 0 Å². The standard InChI is InChI=1S/C21H16FN3OS2/c1-25(16-5-3-2-4-6-16)18(26)12-28-21-19-17(11-27-20(19)23-13-24-21)14-7-9-15(22)10-8-14/h2-11,13H,12H2,1H3. The van der Waals surface area contributed by atoms with Crippen molar-refractivity contribution in [3.05, 3.63) is 72.1 Å². The monoisotopic (exact) mass is 409 g/mol. The van der Waals surface area contributed by atoms with Gasteiger partial charge in [0.15, 0.2) is 0 Å². The smallest absolute Gasteiger partial charge is 0.237 e. The number of thioether (sulfide) groups is 1. The van der Waals surface area contributed by atoms with Crippen molar-refractivity contribution < 1.29 is 9.18 Å². The van der Waals surface area contributed by atoms with E-state index in [-0.39, 0.29) is 17.5 Å². The SMILES string of the molecule is CN(C(=O)CSc1ncnc2scc(-c3ccc(F)cc3)c12)c1ccccc1. The number of anilines is 1. The third-order valence-corrected chi connectivity index (χ3v) is 6.20. The van der Waals surface area contributed by atoms with E-state index < -0.39 is 0 Å². The lowest BCUT2D eigenvalue weighted by molar-refractivity contribution is -0.115. The lowest BCUT2D eigenvalue weighted by atomic mass is 10.1. The number of aromatic nitrogens is 2. The molecule has 0 bridgehead atoms. The molecule has 4 nitrogen and oxygen atoms in total. The normalized spacial score (nSPS) is 10.9. The summed E-state index contributed by atoms with van der Waals surface area (Å²) < 4.78 is 13.3. The third-order valence-electron chi connectivity index (χ3n) is 4.34. The summed E-state index contributed by atoms with van der Waals surface area (Å²) >= 11 is 2.90. The minimum Gasteiger partial charge on any atom is -0.315 e. The Morgan fingerprint density at radius 3 is 2.61 bits per heavy atom.